The fraction of sp³-hybridized carbons (Fsp3) is 0.632. The lowest BCUT2D eigenvalue weighted by molar-refractivity contribution is 0.206. The summed E-state index contributed by atoms with van der Waals surface area (Å²) in [6, 6.07) is 9.21. The molecule has 1 aliphatic heterocycles. The van der Waals surface area contributed by atoms with E-state index in [1.807, 2.05) is 19.2 Å². The molecular weight excluding hydrogens is 447 g/mol. The van der Waals surface area contributed by atoms with E-state index in [1.165, 1.54) is 44.5 Å². The van der Waals surface area contributed by atoms with Crippen LogP contribution < -0.4 is 10.6 Å². The van der Waals surface area contributed by atoms with Crippen LogP contribution in [0, 0.1) is 0 Å². The number of piperidine rings is 1. The lowest BCUT2D eigenvalue weighted by atomic mass is 10.1. The Bertz CT molecular complexity index is 572. The van der Waals surface area contributed by atoms with Crippen molar-refractivity contribution in [2.24, 2.45) is 4.99 Å². The van der Waals surface area contributed by atoms with E-state index >= 15 is 0 Å². The summed E-state index contributed by atoms with van der Waals surface area (Å²) in [6.45, 7) is 5.86. The molecule has 0 bridgehead atoms. The van der Waals surface area contributed by atoms with Gasteiger partial charge >= 0.3 is 0 Å². The van der Waals surface area contributed by atoms with Crippen molar-refractivity contribution in [2.45, 2.75) is 50.6 Å². The van der Waals surface area contributed by atoms with Crippen LogP contribution in [0.4, 0.5) is 0 Å². The Labute approximate surface area is 173 Å². The summed E-state index contributed by atoms with van der Waals surface area (Å²) < 4.78 is 0. The quantitative estimate of drug-likeness (QED) is 0.385. The lowest BCUT2D eigenvalue weighted by Crippen LogP contribution is -2.49. The predicted molar refractivity (Wildman–Crippen MR) is 117 cm³/mol. The van der Waals surface area contributed by atoms with Crippen LogP contribution >= 0.6 is 35.6 Å². The van der Waals surface area contributed by atoms with E-state index in [9.17, 15) is 0 Å². The number of nitrogens with one attached hydrogen (secondary N) is 2. The van der Waals surface area contributed by atoms with E-state index in [4.69, 9.17) is 11.6 Å². The zero-order chi connectivity index (χ0) is 16.9. The fourth-order valence-electron chi connectivity index (χ4n) is 3.62. The van der Waals surface area contributed by atoms with Gasteiger partial charge in [-0.2, -0.15) is 0 Å². The molecule has 4 nitrogen and oxygen atoms in total. The number of aliphatic imine (C=N–C) groups is 1. The second-order valence-electron chi connectivity index (χ2n) is 6.98. The number of likely N-dealkylation sites (tertiary alicyclic amines) is 1. The Morgan fingerprint density at radius 3 is 2.68 bits per heavy atom. The van der Waals surface area contributed by atoms with Gasteiger partial charge in [0.2, 0.25) is 0 Å². The molecule has 2 unspecified atom stereocenters. The Morgan fingerprint density at radius 2 is 2.04 bits per heavy atom. The van der Waals surface area contributed by atoms with E-state index in [0.29, 0.717) is 18.0 Å². The van der Waals surface area contributed by atoms with E-state index in [-0.39, 0.29) is 24.0 Å². The average Bonchev–Trinajstić information content (AvgIpc) is 3.35. The molecule has 0 aromatic heterocycles. The van der Waals surface area contributed by atoms with Crippen molar-refractivity contribution in [3.8, 4) is 0 Å². The van der Waals surface area contributed by atoms with Gasteiger partial charge in [-0.3, -0.25) is 4.99 Å². The number of hydrogen-bond donors (Lipinski definition) is 2. The monoisotopic (exact) mass is 476 g/mol. The third kappa shape index (κ3) is 6.00. The molecule has 1 saturated heterocycles. The SMILES string of the molecule is CCCN1CCC(NC(=NC)NC2CC2c2cccc(Cl)c2)CC1.I. The Kier molecular flexibility index (Phi) is 8.29. The summed E-state index contributed by atoms with van der Waals surface area (Å²) >= 11 is 6.10. The van der Waals surface area contributed by atoms with Gasteiger partial charge in [-0.15, -0.1) is 24.0 Å². The summed E-state index contributed by atoms with van der Waals surface area (Å²) in [5.74, 6) is 1.49. The topological polar surface area (TPSA) is 39.7 Å². The Hall–Kier alpha value is -0.530. The van der Waals surface area contributed by atoms with Crippen LogP contribution in [0.2, 0.25) is 5.02 Å². The highest BCUT2D eigenvalue weighted by Crippen LogP contribution is 2.41. The first-order valence-electron chi connectivity index (χ1n) is 9.17. The Balaban J connectivity index is 0.00000225. The minimum absolute atomic E-state index is 0. The molecule has 0 spiro atoms. The molecule has 0 amide bonds. The Morgan fingerprint density at radius 1 is 1.28 bits per heavy atom. The molecule has 1 aliphatic carbocycles. The molecule has 2 atom stereocenters. The minimum atomic E-state index is 0. The van der Waals surface area contributed by atoms with E-state index in [1.54, 1.807) is 0 Å². The van der Waals surface area contributed by atoms with Gasteiger partial charge in [0.15, 0.2) is 5.96 Å². The number of guanidine groups is 1. The summed E-state index contributed by atoms with van der Waals surface area (Å²) in [6.07, 6.45) is 4.79. The highest BCUT2D eigenvalue weighted by atomic mass is 127. The smallest absolute Gasteiger partial charge is 0.191 e. The van der Waals surface area contributed by atoms with Gasteiger partial charge in [0, 0.05) is 43.2 Å². The zero-order valence-corrected chi connectivity index (χ0v) is 18.3. The van der Waals surface area contributed by atoms with Crippen molar-refractivity contribution in [3.05, 3.63) is 34.9 Å². The molecule has 1 aromatic rings. The molecule has 2 fully saturated rings. The third-order valence-corrected chi connectivity index (χ3v) is 5.32. The molecule has 6 heteroatoms. The molecule has 1 saturated carbocycles. The molecule has 1 aromatic carbocycles. The second kappa shape index (κ2) is 9.97. The maximum Gasteiger partial charge on any atom is 0.191 e. The molecular formula is C19H30ClIN4. The molecule has 0 radical (unpaired) electrons. The van der Waals surface area contributed by atoms with Crippen molar-refractivity contribution in [1.82, 2.24) is 15.5 Å². The number of halogens is 2. The number of nitrogens with zero attached hydrogens (tertiary/aromatic N) is 2. The summed E-state index contributed by atoms with van der Waals surface area (Å²) in [5, 5.41) is 8.00. The van der Waals surface area contributed by atoms with Crippen LogP contribution in [-0.2, 0) is 0 Å². The highest BCUT2D eigenvalue weighted by molar-refractivity contribution is 14.0. The summed E-state index contributed by atoms with van der Waals surface area (Å²) in [5.41, 5.74) is 1.32. The van der Waals surface area contributed by atoms with Crippen LogP contribution in [0.1, 0.15) is 44.1 Å². The van der Waals surface area contributed by atoms with Crippen LogP contribution in [0.5, 0.6) is 0 Å². The van der Waals surface area contributed by atoms with Gasteiger partial charge in [0.1, 0.15) is 0 Å². The molecule has 3 rings (SSSR count). The van der Waals surface area contributed by atoms with E-state index in [0.717, 1.165) is 17.4 Å². The van der Waals surface area contributed by atoms with Crippen molar-refractivity contribution in [1.29, 1.82) is 0 Å². The van der Waals surface area contributed by atoms with Gasteiger partial charge in [0.25, 0.3) is 0 Å². The number of rotatable bonds is 5. The highest BCUT2D eigenvalue weighted by Gasteiger charge is 2.39. The van der Waals surface area contributed by atoms with Gasteiger partial charge in [-0.25, -0.2) is 0 Å². The lowest BCUT2D eigenvalue weighted by Gasteiger charge is -2.32. The van der Waals surface area contributed by atoms with Gasteiger partial charge < -0.3 is 15.5 Å². The van der Waals surface area contributed by atoms with E-state index < -0.39 is 0 Å². The first-order valence-corrected chi connectivity index (χ1v) is 9.55. The van der Waals surface area contributed by atoms with Crippen molar-refractivity contribution in [2.75, 3.05) is 26.7 Å². The summed E-state index contributed by atoms with van der Waals surface area (Å²) in [7, 11) is 1.86. The zero-order valence-electron chi connectivity index (χ0n) is 15.2. The summed E-state index contributed by atoms with van der Waals surface area (Å²) in [4.78, 5) is 6.98. The average molecular weight is 477 g/mol. The van der Waals surface area contributed by atoms with Crippen molar-refractivity contribution < 1.29 is 0 Å². The van der Waals surface area contributed by atoms with Crippen LogP contribution in [0.3, 0.4) is 0 Å². The predicted octanol–water partition coefficient (Wildman–Crippen LogP) is 3.85. The van der Waals surface area contributed by atoms with Crippen molar-refractivity contribution >= 4 is 41.5 Å². The van der Waals surface area contributed by atoms with Gasteiger partial charge in [0.05, 0.1) is 0 Å². The van der Waals surface area contributed by atoms with E-state index in [2.05, 4.69) is 39.6 Å². The van der Waals surface area contributed by atoms with Gasteiger partial charge in [-0.1, -0.05) is 30.7 Å². The minimum Gasteiger partial charge on any atom is -0.354 e. The third-order valence-electron chi connectivity index (χ3n) is 5.08. The van der Waals surface area contributed by atoms with Crippen molar-refractivity contribution in [3.63, 3.8) is 0 Å². The fourth-order valence-corrected chi connectivity index (χ4v) is 3.82. The maximum absolute atomic E-state index is 6.10. The first-order chi connectivity index (χ1) is 11.7. The maximum atomic E-state index is 6.10. The number of benzene rings is 1. The molecule has 2 aliphatic rings. The van der Waals surface area contributed by atoms with Gasteiger partial charge in [-0.05, 0) is 49.9 Å². The molecule has 140 valence electrons. The standard InChI is InChI=1S/C19H29ClN4.HI/c1-3-9-24-10-7-16(8-11-24)22-19(21-2)23-18-13-17(18)14-5-4-6-15(20)12-14;/h4-6,12,16-18H,3,7-11,13H2,1-2H3,(H2,21,22,23);1H. The van der Waals surface area contributed by atoms with Crippen LogP contribution in [0.25, 0.3) is 0 Å². The normalized spacial score (nSPS) is 24.5. The van der Waals surface area contributed by atoms with Crippen LogP contribution in [-0.4, -0.2) is 49.6 Å². The second-order valence-corrected chi connectivity index (χ2v) is 7.42. The molecule has 2 N–H and O–H groups in total. The molecule has 25 heavy (non-hydrogen) atoms. The first kappa shape index (κ1) is 20.8. The number of hydrogen-bond acceptors (Lipinski definition) is 2. The van der Waals surface area contributed by atoms with Crippen LogP contribution in [0.15, 0.2) is 29.3 Å². The molecule has 1 heterocycles. The largest absolute Gasteiger partial charge is 0.354 e.